The average Bonchev–Trinajstić information content (AvgIpc) is 2.15. The smallest absolute Gasteiger partial charge is 0.231 e. The third-order valence-corrected chi connectivity index (χ3v) is 2.44. The van der Waals surface area contributed by atoms with Gasteiger partial charge in [-0.3, -0.25) is 9.59 Å². The second-order valence-electron chi connectivity index (χ2n) is 5.25. The van der Waals surface area contributed by atoms with Gasteiger partial charge in [0.05, 0.1) is 6.42 Å². The van der Waals surface area contributed by atoms with E-state index in [4.69, 9.17) is 0 Å². The molecule has 0 atom stereocenters. The second-order valence-corrected chi connectivity index (χ2v) is 5.25. The van der Waals surface area contributed by atoms with E-state index in [1.54, 1.807) is 0 Å². The molecule has 0 heterocycles. The first-order chi connectivity index (χ1) is 7.79. The van der Waals surface area contributed by atoms with Crippen LogP contribution in [0.4, 0.5) is 5.69 Å². The zero-order valence-corrected chi connectivity index (χ0v) is 10.8. The van der Waals surface area contributed by atoms with E-state index < -0.39 is 0 Å². The van der Waals surface area contributed by atoms with Gasteiger partial charge in [-0.25, -0.2) is 0 Å². The third kappa shape index (κ3) is 4.39. The summed E-state index contributed by atoms with van der Waals surface area (Å²) in [5.41, 5.74) is 2.04. The summed E-state index contributed by atoms with van der Waals surface area (Å²) < 4.78 is 0. The molecule has 0 aromatic heterocycles. The first-order valence-electron chi connectivity index (χ1n) is 5.69. The van der Waals surface area contributed by atoms with Crippen LogP contribution >= 0.6 is 0 Å². The van der Waals surface area contributed by atoms with Gasteiger partial charge >= 0.3 is 0 Å². The largest absolute Gasteiger partial charge is 0.326 e. The summed E-state index contributed by atoms with van der Waals surface area (Å²) in [6.45, 7) is 7.81. The van der Waals surface area contributed by atoms with Crippen LogP contribution in [-0.2, 0) is 15.0 Å². The highest BCUT2D eigenvalue weighted by Crippen LogP contribution is 2.23. The van der Waals surface area contributed by atoms with Crippen LogP contribution in [0.1, 0.15) is 39.7 Å². The SMILES string of the molecule is CC(=O)CC(=O)Nc1ccc(C(C)(C)C)cc1. The quantitative estimate of drug-likeness (QED) is 0.816. The Kier molecular flexibility index (Phi) is 4.05. The van der Waals surface area contributed by atoms with Gasteiger partial charge < -0.3 is 5.32 Å². The Labute approximate surface area is 102 Å². The lowest BCUT2D eigenvalue weighted by molar-refractivity contribution is -0.124. The fourth-order valence-corrected chi connectivity index (χ4v) is 1.48. The van der Waals surface area contributed by atoms with Crippen LogP contribution < -0.4 is 5.32 Å². The Balaban J connectivity index is 2.69. The lowest BCUT2D eigenvalue weighted by Gasteiger charge is -2.19. The minimum atomic E-state index is -0.263. The molecule has 1 aromatic carbocycles. The molecule has 0 unspecified atom stereocenters. The van der Waals surface area contributed by atoms with Crippen LogP contribution in [0.15, 0.2) is 24.3 Å². The summed E-state index contributed by atoms with van der Waals surface area (Å²) in [7, 11) is 0. The van der Waals surface area contributed by atoms with E-state index in [1.807, 2.05) is 24.3 Å². The number of carbonyl (C=O) groups is 2. The fourth-order valence-electron chi connectivity index (χ4n) is 1.48. The molecular formula is C14H19NO2. The topological polar surface area (TPSA) is 46.2 Å². The molecule has 1 aromatic rings. The van der Waals surface area contributed by atoms with E-state index in [2.05, 4.69) is 26.1 Å². The lowest BCUT2D eigenvalue weighted by atomic mass is 9.87. The first-order valence-corrected chi connectivity index (χ1v) is 5.69. The number of Topliss-reactive ketones (excluding diaryl/α,β-unsaturated/α-hetero) is 1. The molecule has 0 aliphatic carbocycles. The van der Waals surface area contributed by atoms with Crippen molar-refractivity contribution < 1.29 is 9.59 Å². The van der Waals surface area contributed by atoms with Gasteiger partial charge in [0.25, 0.3) is 0 Å². The summed E-state index contributed by atoms with van der Waals surface area (Å²) in [5, 5.41) is 2.69. The Morgan fingerprint density at radius 3 is 2.06 bits per heavy atom. The molecule has 0 fully saturated rings. The predicted molar refractivity (Wildman–Crippen MR) is 69.1 cm³/mol. The number of rotatable bonds is 3. The van der Waals surface area contributed by atoms with Gasteiger partial charge in [0.1, 0.15) is 5.78 Å². The molecule has 0 bridgehead atoms. The molecule has 3 heteroatoms. The van der Waals surface area contributed by atoms with E-state index in [0.717, 1.165) is 5.69 Å². The fraction of sp³-hybridized carbons (Fsp3) is 0.429. The molecule has 17 heavy (non-hydrogen) atoms. The van der Waals surface area contributed by atoms with Crippen LogP contribution in [0.2, 0.25) is 0 Å². The van der Waals surface area contributed by atoms with Crippen molar-refractivity contribution in [1.29, 1.82) is 0 Å². The number of hydrogen-bond acceptors (Lipinski definition) is 2. The van der Waals surface area contributed by atoms with Crippen molar-refractivity contribution >= 4 is 17.4 Å². The lowest BCUT2D eigenvalue weighted by Crippen LogP contribution is -2.15. The number of carbonyl (C=O) groups excluding carboxylic acids is 2. The van der Waals surface area contributed by atoms with E-state index in [-0.39, 0.29) is 23.5 Å². The summed E-state index contributed by atoms with van der Waals surface area (Å²) in [6, 6.07) is 7.70. The molecule has 0 spiro atoms. The van der Waals surface area contributed by atoms with Crippen molar-refractivity contribution in [3.63, 3.8) is 0 Å². The molecule has 92 valence electrons. The van der Waals surface area contributed by atoms with Crippen LogP contribution in [0.5, 0.6) is 0 Å². The van der Waals surface area contributed by atoms with E-state index in [1.165, 1.54) is 12.5 Å². The number of benzene rings is 1. The number of ketones is 1. The number of anilines is 1. The van der Waals surface area contributed by atoms with E-state index in [0.29, 0.717) is 0 Å². The van der Waals surface area contributed by atoms with Gasteiger partial charge in [0.15, 0.2) is 0 Å². The molecule has 1 rings (SSSR count). The molecule has 3 nitrogen and oxygen atoms in total. The maximum Gasteiger partial charge on any atom is 0.231 e. The first kappa shape index (κ1) is 13.4. The summed E-state index contributed by atoms with van der Waals surface area (Å²) in [4.78, 5) is 22.1. The predicted octanol–water partition coefficient (Wildman–Crippen LogP) is 2.90. The van der Waals surface area contributed by atoms with E-state index in [9.17, 15) is 9.59 Å². The van der Waals surface area contributed by atoms with Crippen LogP contribution in [0, 0.1) is 0 Å². The Hall–Kier alpha value is -1.64. The van der Waals surface area contributed by atoms with Crippen LogP contribution in [-0.4, -0.2) is 11.7 Å². The highest BCUT2D eigenvalue weighted by molar-refractivity contribution is 6.03. The van der Waals surface area contributed by atoms with Gasteiger partial charge in [0.2, 0.25) is 5.91 Å². The van der Waals surface area contributed by atoms with Crippen molar-refractivity contribution in [2.24, 2.45) is 0 Å². The Morgan fingerprint density at radius 1 is 1.12 bits per heavy atom. The minimum Gasteiger partial charge on any atom is -0.326 e. The molecule has 0 aliphatic heterocycles. The summed E-state index contributed by atoms with van der Waals surface area (Å²) in [5.74, 6) is -0.394. The Morgan fingerprint density at radius 2 is 1.65 bits per heavy atom. The van der Waals surface area contributed by atoms with Crippen molar-refractivity contribution in [1.82, 2.24) is 0 Å². The van der Waals surface area contributed by atoms with Gasteiger partial charge in [0, 0.05) is 5.69 Å². The standard InChI is InChI=1S/C14H19NO2/c1-10(16)9-13(17)15-12-7-5-11(6-8-12)14(2,3)4/h5-8H,9H2,1-4H3,(H,15,17). The van der Waals surface area contributed by atoms with Crippen molar-refractivity contribution in [2.75, 3.05) is 5.32 Å². The maximum absolute atomic E-state index is 11.4. The maximum atomic E-state index is 11.4. The zero-order chi connectivity index (χ0) is 13.1. The highest BCUT2D eigenvalue weighted by Gasteiger charge is 2.13. The minimum absolute atomic E-state index is 0.0684. The molecule has 0 radical (unpaired) electrons. The van der Waals surface area contributed by atoms with Crippen LogP contribution in [0.3, 0.4) is 0 Å². The molecule has 0 saturated carbocycles. The van der Waals surface area contributed by atoms with E-state index >= 15 is 0 Å². The molecular weight excluding hydrogens is 214 g/mol. The normalized spacial score (nSPS) is 11.1. The van der Waals surface area contributed by atoms with Crippen LogP contribution in [0.25, 0.3) is 0 Å². The molecule has 0 saturated heterocycles. The summed E-state index contributed by atoms with van der Waals surface area (Å²) in [6.07, 6.45) is -0.0684. The molecule has 0 aliphatic rings. The van der Waals surface area contributed by atoms with Crippen molar-refractivity contribution in [3.05, 3.63) is 29.8 Å². The number of amides is 1. The third-order valence-electron chi connectivity index (χ3n) is 2.44. The number of nitrogens with one attached hydrogen (secondary N) is 1. The second kappa shape index (κ2) is 5.13. The van der Waals surface area contributed by atoms with Gasteiger partial charge in [-0.05, 0) is 30.0 Å². The van der Waals surface area contributed by atoms with Crippen molar-refractivity contribution in [2.45, 2.75) is 39.5 Å². The molecule has 1 N–H and O–H groups in total. The highest BCUT2D eigenvalue weighted by atomic mass is 16.2. The van der Waals surface area contributed by atoms with Gasteiger partial charge in [-0.2, -0.15) is 0 Å². The zero-order valence-electron chi connectivity index (χ0n) is 10.8. The monoisotopic (exact) mass is 233 g/mol. The Bertz CT molecular complexity index is 413. The average molecular weight is 233 g/mol. The summed E-state index contributed by atoms with van der Waals surface area (Å²) >= 11 is 0. The van der Waals surface area contributed by atoms with Gasteiger partial charge in [-0.1, -0.05) is 32.9 Å². The number of hydrogen-bond donors (Lipinski definition) is 1. The molecule has 1 amide bonds. The van der Waals surface area contributed by atoms with Crippen molar-refractivity contribution in [3.8, 4) is 0 Å². The van der Waals surface area contributed by atoms with Gasteiger partial charge in [-0.15, -0.1) is 0 Å².